The van der Waals surface area contributed by atoms with Gasteiger partial charge in [-0.1, -0.05) is 29.3 Å². The minimum absolute atomic E-state index is 0.135. The monoisotopic (exact) mass is 510 g/mol. The number of methoxy groups -OCH3 is 1. The van der Waals surface area contributed by atoms with Gasteiger partial charge in [0.25, 0.3) is 5.91 Å². The molecule has 5 rings (SSSR count). The highest BCUT2D eigenvalue weighted by Crippen LogP contribution is 2.39. The fraction of sp³-hybridized carbons (Fsp3) is 0.160. The number of halogens is 2. The van der Waals surface area contributed by atoms with Crippen molar-refractivity contribution in [3.05, 3.63) is 76.0 Å². The Hall–Kier alpha value is -3.59. The number of carbonyl (C=O) groups excluding carboxylic acids is 2. The molecule has 2 aromatic carbocycles. The van der Waals surface area contributed by atoms with Gasteiger partial charge in [0.15, 0.2) is 5.78 Å². The van der Waals surface area contributed by atoms with E-state index in [1.165, 1.54) is 13.3 Å². The zero-order valence-corrected chi connectivity index (χ0v) is 20.3. The summed E-state index contributed by atoms with van der Waals surface area (Å²) in [6, 6.07) is 11.8. The van der Waals surface area contributed by atoms with Gasteiger partial charge < -0.3 is 25.1 Å². The molecule has 3 N–H and O–H groups in total. The topological polar surface area (TPSA) is 105 Å². The van der Waals surface area contributed by atoms with Crippen LogP contribution in [0.5, 0.6) is 11.5 Å². The van der Waals surface area contributed by atoms with Crippen LogP contribution in [0.25, 0.3) is 11.0 Å². The number of carbonyl (C=O) groups is 2. The highest BCUT2D eigenvalue weighted by molar-refractivity contribution is 6.36. The summed E-state index contributed by atoms with van der Waals surface area (Å²) in [5.74, 6) is 0.452. The molecule has 0 radical (unpaired) electrons. The number of aromatic nitrogens is 2. The summed E-state index contributed by atoms with van der Waals surface area (Å²) in [6.45, 7) is 1.86. The van der Waals surface area contributed by atoms with E-state index in [4.69, 9.17) is 32.7 Å². The van der Waals surface area contributed by atoms with Crippen LogP contribution >= 0.6 is 23.2 Å². The van der Waals surface area contributed by atoms with E-state index < -0.39 is 5.54 Å². The summed E-state index contributed by atoms with van der Waals surface area (Å²) in [5.41, 5.74) is 1.18. The van der Waals surface area contributed by atoms with Crippen LogP contribution in [-0.4, -0.2) is 40.9 Å². The Morgan fingerprint density at radius 3 is 2.66 bits per heavy atom. The summed E-state index contributed by atoms with van der Waals surface area (Å²) in [5, 5.41) is 7.41. The second kappa shape index (κ2) is 8.88. The number of ether oxygens (including phenoxy) is 2. The molecule has 4 aromatic rings. The number of nitrogens with one attached hydrogen (secondary N) is 3. The first kappa shape index (κ1) is 23.2. The standard InChI is InChI=1S/C25H20Cl2N4O4/c1-25(12-34-2)24(33)30-19-11-29-23-20(21(19)31-25)17(10-28-23)22(32)16-7-6-15(9-18(16)27)35-14-5-3-4-13(26)8-14/h3-11,31H,12H2,1-2H3,(H,28,29)(H,30,33)/t25-/m0/s1. The third-order valence-electron chi connectivity index (χ3n) is 5.75. The number of fused-ring (bicyclic) bond motifs is 3. The first-order chi connectivity index (χ1) is 16.8. The lowest BCUT2D eigenvalue weighted by Crippen LogP contribution is -2.53. The third kappa shape index (κ3) is 4.20. The van der Waals surface area contributed by atoms with Crippen molar-refractivity contribution >= 4 is 57.3 Å². The van der Waals surface area contributed by atoms with Gasteiger partial charge in [-0.3, -0.25) is 9.59 Å². The van der Waals surface area contributed by atoms with Crippen molar-refractivity contribution in [2.75, 3.05) is 24.4 Å². The van der Waals surface area contributed by atoms with Crippen molar-refractivity contribution in [3.8, 4) is 11.5 Å². The van der Waals surface area contributed by atoms with E-state index in [0.717, 1.165) is 0 Å². The highest BCUT2D eigenvalue weighted by atomic mass is 35.5. The lowest BCUT2D eigenvalue weighted by atomic mass is 9.96. The van der Waals surface area contributed by atoms with Gasteiger partial charge in [-0.15, -0.1) is 0 Å². The minimum Gasteiger partial charge on any atom is -0.457 e. The quantitative estimate of drug-likeness (QED) is 0.289. The molecular weight excluding hydrogens is 491 g/mol. The molecule has 0 spiro atoms. The van der Waals surface area contributed by atoms with Gasteiger partial charge in [0.1, 0.15) is 22.7 Å². The predicted octanol–water partition coefficient (Wildman–Crippen LogP) is 5.66. The Kier molecular flexibility index (Phi) is 5.88. The lowest BCUT2D eigenvalue weighted by molar-refractivity contribution is -0.121. The number of ketones is 1. The largest absolute Gasteiger partial charge is 0.457 e. The lowest BCUT2D eigenvalue weighted by Gasteiger charge is -2.35. The molecule has 1 atom stereocenters. The van der Waals surface area contributed by atoms with Crippen LogP contribution in [0.2, 0.25) is 10.0 Å². The first-order valence-electron chi connectivity index (χ1n) is 10.7. The molecule has 0 aliphatic carbocycles. The molecule has 178 valence electrons. The van der Waals surface area contributed by atoms with Gasteiger partial charge in [0.05, 0.1) is 40.2 Å². The molecule has 1 amide bonds. The fourth-order valence-electron chi connectivity index (χ4n) is 4.04. The maximum absolute atomic E-state index is 13.6. The molecule has 3 heterocycles. The average Bonchev–Trinajstić information content (AvgIpc) is 3.25. The van der Waals surface area contributed by atoms with E-state index in [2.05, 4.69) is 20.6 Å². The number of hydrogen-bond donors (Lipinski definition) is 3. The molecule has 1 aliphatic heterocycles. The number of pyridine rings is 1. The van der Waals surface area contributed by atoms with Crippen molar-refractivity contribution in [1.29, 1.82) is 0 Å². The molecule has 0 saturated carbocycles. The van der Waals surface area contributed by atoms with Gasteiger partial charge in [0.2, 0.25) is 0 Å². The van der Waals surface area contributed by atoms with Crippen molar-refractivity contribution in [3.63, 3.8) is 0 Å². The number of benzene rings is 2. The predicted molar refractivity (Wildman–Crippen MR) is 135 cm³/mol. The molecule has 0 saturated heterocycles. The average molecular weight is 511 g/mol. The SMILES string of the molecule is COC[C@]1(C)Nc2c(cnc3[nH]cc(C(=O)c4ccc(Oc5cccc(Cl)c5)cc4Cl)c23)NC1=O. The van der Waals surface area contributed by atoms with E-state index in [-0.39, 0.29) is 23.3 Å². The first-order valence-corrected chi connectivity index (χ1v) is 11.4. The molecule has 8 nitrogen and oxygen atoms in total. The third-order valence-corrected chi connectivity index (χ3v) is 6.29. The summed E-state index contributed by atoms with van der Waals surface area (Å²) in [4.78, 5) is 33.6. The van der Waals surface area contributed by atoms with Crippen molar-refractivity contribution in [2.45, 2.75) is 12.5 Å². The highest BCUT2D eigenvalue weighted by Gasteiger charge is 2.39. The summed E-state index contributed by atoms with van der Waals surface area (Å²) in [7, 11) is 1.52. The van der Waals surface area contributed by atoms with Crippen LogP contribution in [0.15, 0.2) is 54.9 Å². The Labute approximate surface area is 210 Å². The number of rotatable bonds is 6. The van der Waals surface area contributed by atoms with Crippen LogP contribution < -0.4 is 15.4 Å². The number of aromatic amines is 1. The molecule has 35 heavy (non-hydrogen) atoms. The fourth-order valence-corrected chi connectivity index (χ4v) is 4.47. The number of H-pyrrole nitrogens is 1. The second-order valence-corrected chi connectivity index (χ2v) is 9.19. The maximum Gasteiger partial charge on any atom is 0.252 e. The Bertz CT molecular complexity index is 1490. The van der Waals surface area contributed by atoms with Gasteiger partial charge in [-0.2, -0.15) is 0 Å². The van der Waals surface area contributed by atoms with E-state index in [0.29, 0.717) is 50.1 Å². The molecular formula is C25H20Cl2N4O4. The summed E-state index contributed by atoms with van der Waals surface area (Å²) in [6.07, 6.45) is 3.12. The van der Waals surface area contributed by atoms with Crippen molar-refractivity contribution in [1.82, 2.24) is 9.97 Å². The van der Waals surface area contributed by atoms with Crippen molar-refractivity contribution in [2.24, 2.45) is 0 Å². The molecule has 1 aliphatic rings. The molecule has 10 heteroatoms. The normalized spacial score (nSPS) is 17.0. The number of nitrogens with zero attached hydrogens (tertiary/aromatic N) is 1. The van der Waals surface area contributed by atoms with Gasteiger partial charge in [0, 0.05) is 30.0 Å². The van der Waals surface area contributed by atoms with Crippen LogP contribution in [-0.2, 0) is 9.53 Å². The molecule has 0 fully saturated rings. The van der Waals surface area contributed by atoms with Crippen LogP contribution in [0.3, 0.4) is 0 Å². The Balaban J connectivity index is 1.51. The molecule has 0 unspecified atom stereocenters. The minimum atomic E-state index is -1.02. The smallest absolute Gasteiger partial charge is 0.252 e. The summed E-state index contributed by atoms with van der Waals surface area (Å²) >= 11 is 12.5. The zero-order chi connectivity index (χ0) is 24.7. The second-order valence-electron chi connectivity index (χ2n) is 8.35. The number of hydrogen-bond acceptors (Lipinski definition) is 6. The Morgan fingerprint density at radius 1 is 1.11 bits per heavy atom. The van der Waals surface area contributed by atoms with Crippen LogP contribution in [0, 0.1) is 0 Å². The molecule has 2 aromatic heterocycles. The van der Waals surface area contributed by atoms with E-state index in [9.17, 15) is 9.59 Å². The molecule has 0 bridgehead atoms. The Morgan fingerprint density at radius 2 is 1.91 bits per heavy atom. The number of anilines is 2. The van der Waals surface area contributed by atoms with Gasteiger partial charge in [-0.25, -0.2) is 4.98 Å². The van der Waals surface area contributed by atoms with Gasteiger partial charge >= 0.3 is 0 Å². The van der Waals surface area contributed by atoms with Crippen molar-refractivity contribution < 1.29 is 19.1 Å². The zero-order valence-electron chi connectivity index (χ0n) is 18.7. The van der Waals surface area contributed by atoms with Gasteiger partial charge in [-0.05, 0) is 37.3 Å². The van der Waals surface area contributed by atoms with Crippen LogP contribution in [0.1, 0.15) is 22.8 Å². The summed E-state index contributed by atoms with van der Waals surface area (Å²) < 4.78 is 11.0. The number of amides is 1. The van der Waals surface area contributed by atoms with E-state index >= 15 is 0 Å². The van der Waals surface area contributed by atoms with E-state index in [1.807, 2.05) is 0 Å². The maximum atomic E-state index is 13.6. The van der Waals surface area contributed by atoms with E-state index in [1.54, 1.807) is 55.6 Å². The van der Waals surface area contributed by atoms with Crippen LogP contribution in [0.4, 0.5) is 11.4 Å².